The van der Waals surface area contributed by atoms with E-state index in [2.05, 4.69) is 21.9 Å². The zero-order valence-electron chi connectivity index (χ0n) is 21.5. The molecule has 192 valence electrons. The molecule has 2 spiro atoms. The third kappa shape index (κ3) is 2.31. The summed E-state index contributed by atoms with van der Waals surface area (Å²) in [6.07, 6.45) is 10.4. The van der Waals surface area contributed by atoms with Crippen LogP contribution in [0.2, 0.25) is 0 Å². The number of aryl methyl sites for hydroxylation is 1. The van der Waals surface area contributed by atoms with Gasteiger partial charge in [-0.15, -0.1) is 0 Å². The number of carbonyl (C=O) groups excluding carboxylic acids is 1. The van der Waals surface area contributed by atoms with E-state index >= 15 is 0 Å². The predicted octanol–water partition coefficient (Wildman–Crippen LogP) is 3.31. The van der Waals surface area contributed by atoms with E-state index in [4.69, 9.17) is 0 Å². The number of phenolic OH excluding ortho intramolecular Hbond substituents is 1. The molecule has 7 atom stereocenters. The van der Waals surface area contributed by atoms with Crippen molar-refractivity contribution in [2.45, 2.75) is 62.4 Å². The molecule has 2 aromatic rings. The van der Waals surface area contributed by atoms with Crippen LogP contribution in [0.1, 0.15) is 60.0 Å². The molecule has 6 fully saturated rings. The van der Waals surface area contributed by atoms with E-state index in [9.17, 15) is 14.7 Å². The maximum Gasteiger partial charge on any atom is 0.254 e. The molecule has 1 aromatic carbocycles. The van der Waals surface area contributed by atoms with Gasteiger partial charge in [0.25, 0.3) is 11.5 Å². The Labute approximate surface area is 217 Å². The summed E-state index contributed by atoms with van der Waals surface area (Å²) in [7, 11) is 1.73. The number of pyridine rings is 1. The topological polar surface area (TPSA) is 65.8 Å². The van der Waals surface area contributed by atoms with E-state index in [0.29, 0.717) is 29.2 Å². The minimum Gasteiger partial charge on any atom is -0.508 e. The van der Waals surface area contributed by atoms with Gasteiger partial charge in [-0.25, -0.2) is 0 Å². The van der Waals surface area contributed by atoms with Crippen molar-refractivity contribution in [3.8, 4) is 5.75 Å². The van der Waals surface area contributed by atoms with Gasteiger partial charge < -0.3 is 14.6 Å². The fraction of sp³-hybridized carbons (Fsp3) is 0.613. The first-order valence-electron chi connectivity index (χ1n) is 14.4. The molecule has 1 aromatic heterocycles. The molecule has 1 amide bonds. The second-order valence-electron chi connectivity index (χ2n) is 13.8. The maximum atomic E-state index is 13.9. The first kappa shape index (κ1) is 21.3. The Bertz CT molecular complexity index is 1450. The second-order valence-corrected chi connectivity index (χ2v) is 13.8. The van der Waals surface area contributed by atoms with Crippen LogP contribution >= 0.6 is 0 Å². The molecule has 6 unspecified atom stereocenters. The monoisotopic (exact) mass is 497 g/mol. The lowest BCUT2D eigenvalue weighted by Gasteiger charge is -2.64. The highest BCUT2D eigenvalue weighted by Gasteiger charge is 2.86. The smallest absolute Gasteiger partial charge is 0.254 e. The van der Waals surface area contributed by atoms with Crippen LogP contribution in [-0.2, 0) is 18.9 Å². The van der Waals surface area contributed by atoms with Gasteiger partial charge in [0.2, 0.25) is 0 Å². The van der Waals surface area contributed by atoms with Crippen LogP contribution in [0.5, 0.6) is 5.75 Å². The molecule has 7 aliphatic rings. The summed E-state index contributed by atoms with van der Waals surface area (Å²) in [6.45, 7) is 3.24. The number of aromatic nitrogens is 1. The average Bonchev–Trinajstić information content (AvgIpc) is 3.40. The van der Waals surface area contributed by atoms with E-state index in [0.717, 1.165) is 38.3 Å². The normalized spacial score (nSPS) is 42.2. The van der Waals surface area contributed by atoms with Crippen molar-refractivity contribution in [2.75, 3.05) is 19.6 Å². The van der Waals surface area contributed by atoms with Gasteiger partial charge in [0.15, 0.2) is 0 Å². The molecule has 4 saturated carbocycles. The van der Waals surface area contributed by atoms with Crippen LogP contribution in [0, 0.1) is 28.6 Å². The molecule has 6 heteroatoms. The van der Waals surface area contributed by atoms with Crippen LogP contribution in [0.3, 0.4) is 0 Å². The van der Waals surface area contributed by atoms with E-state index < -0.39 is 0 Å². The molecule has 9 rings (SSSR count). The minimum atomic E-state index is -0.129. The molecular weight excluding hydrogens is 462 g/mol. The lowest BCUT2D eigenvalue weighted by molar-refractivity contribution is -0.0786. The Morgan fingerprint density at radius 1 is 1.19 bits per heavy atom. The van der Waals surface area contributed by atoms with Crippen molar-refractivity contribution in [1.82, 2.24) is 14.4 Å². The summed E-state index contributed by atoms with van der Waals surface area (Å²) in [5.41, 5.74) is 3.74. The Hall–Kier alpha value is -2.60. The first-order valence-corrected chi connectivity index (χ1v) is 14.4. The fourth-order valence-electron chi connectivity index (χ4n) is 11.4. The van der Waals surface area contributed by atoms with E-state index in [1.165, 1.54) is 54.0 Å². The van der Waals surface area contributed by atoms with Crippen molar-refractivity contribution < 1.29 is 9.90 Å². The van der Waals surface area contributed by atoms with Crippen LogP contribution < -0.4 is 5.56 Å². The quantitative estimate of drug-likeness (QED) is 0.707. The number of nitrogens with zero attached hydrogens (tertiary/aromatic N) is 3. The lowest BCUT2D eigenvalue weighted by atomic mass is 9.45. The van der Waals surface area contributed by atoms with Crippen LogP contribution in [0.4, 0.5) is 0 Å². The fourth-order valence-corrected chi connectivity index (χ4v) is 11.4. The zero-order chi connectivity index (χ0) is 24.9. The summed E-state index contributed by atoms with van der Waals surface area (Å²) in [4.78, 5) is 31.3. The summed E-state index contributed by atoms with van der Waals surface area (Å²) >= 11 is 0. The lowest BCUT2D eigenvalue weighted by Crippen LogP contribution is -2.67. The molecule has 2 aliphatic heterocycles. The number of likely N-dealkylation sites (tertiary alicyclic amines) is 2. The van der Waals surface area contributed by atoms with Gasteiger partial charge in [-0.05, 0) is 109 Å². The number of benzene rings is 1. The number of carbonyl (C=O) groups is 1. The summed E-state index contributed by atoms with van der Waals surface area (Å²) < 4.78 is 1.53. The first-order chi connectivity index (χ1) is 17.9. The van der Waals surface area contributed by atoms with Gasteiger partial charge >= 0.3 is 0 Å². The van der Waals surface area contributed by atoms with Gasteiger partial charge in [0.1, 0.15) is 5.75 Å². The zero-order valence-corrected chi connectivity index (χ0v) is 21.5. The number of hydrogen-bond donors (Lipinski definition) is 1. The Kier molecular flexibility index (Phi) is 3.75. The van der Waals surface area contributed by atoms with E-state index in [1.54, 1.807) is 13.2 Å². The molecular formula is C31H35N3O3. The number of amides is 1. The number of phenols is 1. The molecule has 1 N–H and O–H groups in total. The molecule has 37 heavy (non-hydrogen) atoms. The van der Waals surface area contributed by atoms with Crippen LogP contribution in [-0.4, -0.2) is 57.1 Å². The summed E-state index contributed by atoms with van der Waals surface area (Å²) in [6, 6.07) is 10.3. The minimum absolute atomic E-state index is 0.0356. The number of rotatable bonds is 3. The maximum absolute atomic E-state index is 13.9. The standard InChI is InChI=1S/C31H35N3O3/c1-32-8-6-20(11-26(32)36)28(37)34-17-29-16-30-14-21(29)12-24(34)27(29)31(30)7-9-33(15-18-2-3-18)25(30)10-19-4-5-22(35)13-23(19)31/h4-6,8,11,13,18,21,24-25,27,35H,2-3,7,9-10,12,14-17H2,1H3/t21?,24?,25?,27-,29?,30?,31?/m1/s1. The Morgan fingerprint density at radius 2 is 2.05 bits per heavy atom. The summed E-state index contributed by atoms with van der Waals surface area (Å²) in [5, 5.41) is 10.7. The molecule has 3 heterocycles. The van der Waals surface area contributed by atoms with Crippen LogP contribution in [0.25, 0.3) is 0 Å². The highest BCUT2D eigenvalue weighted by molar-refractivity contribution is 5.95. The second kappa shape index (κ2) is 6.51. The molecule has 2 saturated heterocycles. The largest absolute Gasteiger partial charge is 0.508 e. The van der Waals surface area contributed by atoms with Gasteiger partial charge in [-0.2, -0.15) is 0 Å². The highest BCUT2D eigenvalue weighted by atomic mass is 16.3. The van der Waals surface area contributed by atoms with Gasteiger partial charge in [-0.3, -0.25) is 14.5 Å². The SMILES string of the molecule is Cn1ccc(C(=O)N2CC34CC56CC3CC2[C@H]4C52CCN(CC3CC3)C6Cc3ccc(O)cc32)cc1=O. The molecule has 5 bridgehead atoms. The van der Waals surface area contributed by atoms with Crippen molar-refractivity contribution in [3.63, 3.8) is 0 Å². The van der Waals surface area contributed by atoms with Crippen molar-refractivity contribution in [1.29, 1.82) is 0 Å². The number of aromatic hydroxyl groups is 1. The van der Waals surface area contributed by atoms with E-state index in [-0.39, 0.29) is 33.8 Å². The molecule has 5 aliphatic carbocycles. The average molecular weight is 498 g/mol. The number of piperidine rings is 2. The number of hydrogen-bond acceptors (Lipinski definition) is 4. The van der Waals surface area contributed by atoms with E-state index in [1.807, 2.05) is 12.1 Å². The van der Waals surface area contributed by atoms with Crippen LogP contribution in [0.15, 0.2) is 41.3 Å². The predicted molar refractivity (Wildman–Crippen MR) is 138 cm³/mol. The number of fused-ring (bicyclic) bond motifs is 1. The third-order valence-electron chi connectivity index (χ3n) is 12.5. The molecule has 0 radical (unpaired) electrons. The van der Waals surface area contributed by atoms with Gasteiger partial charge in [0.05, 0.1) is 0 Å². The van der Waals surface area contributed by atoms with Crippen molar-refractivity contribution in [2.24, 2.45) is 35.6 Å². The highest BCUT2D eigenvalue weighted by Crippen LogP contribution is 2.86. The van der Waals surface area contributed by atoms with Crippen molar-refractivity contribution in [3.05, 3.63) is 63.6 Å². The van der Waals surface area contributed by atoms with Gasteiger partial charge in [0, 0.05) is 55.5 Å². The molecule has 6 nitrogen and oxygen atoms in total. The Balaban J connectivity index is 1.19. The van der Waals surface area contributed by atoms with Crippen molar-refractivity contribution >= 4 is 5.91 Å². The van der Waals surface area contributed by atoms with Gasteiger partial charge in [-0.1, -0.05) is 6.07 Å². The third-order valence-corrected chi connectivity index (χ3v) is 12.5. The Morgan fingerprint density at radius 3 is 2.86 bits per heavy atom. The summed E-state index contributed by atoms with van der Waals surface area (Å²) in [5.74, 6) is 2.47.